The topological polar surface area (TPSA) is 66.8 Å². The third-order valence-electron chi connectivity index (χ3n) is 5.89. The first-order valence-corrected chi connectivity index (χ1v) is 11.4. The van der Waals surface area contributed by atoms with Crippen molar-refractivity contribution in [3.05, 3.63) is 100 Å². The summed E-state index contributed by atoms with van der Waals surface area (Å²) in [7, 11) is 0. The molecule has 5 heteroatoms. The van der Waals surface area contributed by atoms with Gasteiger partial charge in [-0.05, 0) is 81.6 Å². The van der Waals surface area contributed by atoms with E-state index in [1.165, 1.54) is 4.90 Å². The van der Waals surface area contributed by atoms with Crippen molar-refractivity contribution in [1.82, 2.24) is 0 Å². The van der Waals surface area contributed by atoms with Crippen LogP contribution in [0.4, 0.5) is 5.69 Å². The van der Waals surface area contributed by atoms with Crippen molar-refractivity contribution in [3.8, 4) is 5.75 Å². The van der Waals surface area contributed by atoms with Gasteiger partial charge in [-0.2, -0.15) is 0 Å². The molecule has 0 saturated carbocycles. The Kier molecular flexibility index (Phi) is 6.29. The molecule has 0 spiro atoms. The fraction of sp³-hybridized carbons (Fsp3) is 0.241. The number of carbonyl (C=O) groups excluding carboxylic acids is 2. The summed E-state index contributed by atoms with van der Waals surface area (Å²) in [6, 6.07) is 19.7. The Hall–Kier alpha value is -3.86. The lowest BCUT2D eigenvalue weighted by atomic mass is 9.93. The predicted octanol–water partition coefficient (Wildman–Crippen LogP) is 6.03. The van der Waals surface area contributed by atoms with E-state index in [2.05, 4.69) is 0 Å². The number of hydrogen-bond donors (Lipinski definition) is 1. The fourth-order valence-electron chi connectivity index (χ4n) is 4.37. The lowest BCUT2D eigenvalue weighted by molar-refractivity contribution is -0.132. The summed E-state index contributed by atoms with van der Waals surface area (Å²) in [5.74, 6) is -0.845. The zero-order valence-corrected chi connectivity index (χ0v) is 20.1. The monoisotopic (exact) mass is 455 g/mol. The van der Waals surface area contributed by atoms with E-state index in [1.54, 1.807) is 18.2 Å². The number of amides is 1. The number of aliphatic hydroxyl groups excluding tert-OH is 1. The number of ether oxygens (including phenoxy) is 1. The van der Waals surface area contributed by atoms with Crippen LogP contribution in [0.15, 0.2) is 72.3 Å². The minimum absolute atomic E-state index is 0.0131. The Morgan fingerprint density at radius 3 is 2.21 bits per heavy atom. The molecule has 0 aromatic heterocycles. The van der Waals surface area contributed by atoms with Gasteiger partial charge in [-0.1, -0.05) is 42.0 Å². The van der Waals surface area contributed by atoms with E-state index in [0.717, 1.165) is 22.3 Å². The van der Waals surface area contributed by atoms with Gasteiger partial charge in [0.25, 0.3) is 11.7 Å². The van der Waals surface area contributed by atoms with Gasteiger partial charge in [-0.3, -0.25) is 14.5 Å². The molecule has 1 heterocycles. The molecular formula is C29H29NO4. The van der Waals surface area contributed by atoms with Crippen molar-refractivity contribution < 1.29 is 19.4 Å². The Bertz CT molecular complexity index is 1300. The second-order valence-corrected chi connectivity index (χ2v) is 9.07. The molecule has 1 saturated heterocycles. The Labute approximate surface area is 200 Å². The van der Waals surface area contributed by atoms with E-state index >= 15 is 0 Å². The van der Waals surface area contributed by atoms with Crippen molar-refractivity contribution in [2.24, 2.45) is 0 Å². The van der Waals surface area contributed by atoms with Crippen LogP contribution in [0.1, 0.15) is 47.7 Å². The van der Waals surface area contributed by atoms with Crippen LogP contribution in [0.2, 0.25) is 0 Å². The van der Waals surface area contributed by atoms with Gasteiger partial charge in [0, 0.05) is 11.3 Å². The third-order valence-corrected chi connectivity index (χ3v) is 5.89. The number of ketones is 1. The molecule has 0 radical (unpaired) electrons. The number of hydrogen-bond acceptors (Lipinski definition) is 4. The highest BCUT2D eigenvalue weighted by molar-refractivity contribution is 6.51. The first-order chi connectivity index (χ1) is 16.2. The maximum Gasteiger partial charge on any atom is 0.300 e. The van der Waals surface area contributed by atoms with Gasteiger partial charge >= 0.3 is 0 Å². The van der Waals surface area contributed by atoms with E-state index in [0.29, 0.717) is 17.0 Å². The smallest absolute Gasteiger partial charge is 0.300 e. The van der Waals surface area contributed by atoms with Crippen LogP contribution in [0.5, 0.6) is 5.75 Å². The number of benzene rings is 3. The van der Waals surface area contributed by atoms with Crippen LogP contribution in [-0.2, 0) is 9.59 Å². The Morgan fingerprint density at radius 2 is 1.59 bits per heavy atom. The highest BCUT2D eigenvalue weighted by Crippen LogP contribution is 2.42. The fourth-order valence-corrected chi connectivity index (χ4v) is 4.37. The van der Waals surface area contributed by atoms with Gasteiger partial charge in [0.1, 0.15) is 11.5 Å². The lowest BCUT2D eigenvalue weighted by Gasteiger charge is -2.26. The van der Waals surface area contributed by atoms with E-state index in [9.17, 15) is 14.7 Å². The summed E-state index contributed by atoms with van der Waals surface area (Å²) >= 11 is 0. The number of nitrogens with zero attached hydrogens (tertiary/aromatic N) is 1. The minimum atomic E-state index is -0.742. The Balaban J connectivity index is 1.90. The van der Waals surface area contributed by atoms with E-state index < -0.39 is 17.7 Å². The van der Waals surface area contributed by atoms with Crippen molar-refractivity contribution in [1.29, 1.82) is 0 Å². The zero-order valence-electron chi connectivity index (χ0n) is 20.1. The van der Waals surface area contributed by atoms with Crippen LogP contribution < -0.4 is 9.64 Å². The van der Waals surface area contributed by atoms with Gasteiger partial charge in [0.2, 0.25) is 0 Å². The summed E-state index contributed by atoms with van der Waals surface area (Å²) in [6.07, 6.45) is 0.0131. The molecular weight excluding hydrogens is 426 g/mol. The second kappa shape index (κ2) is 9.18. The number of Topliss-reactive ketones (excluding diaryl/α,β-unsaturated/α-hetero) is 1. The van der Waals surface area contributed by atoms with Crippen LogP contribution in [-0.4, -0.2) is 22.9 Å². The highest BCUT2D eigenvalue weighted by Gasteiger charge is 2.47. The summed E-state index contributed by atoms with van der Waals surface area (Å²) in [5, 5.41) is 11.4. The molecule has 34 heavy (non-hydrogen) atoms. The van der Waals surface area contributed by atoms with Crippen molar-refractivity contribution in [2.45, 2.75) is 46.8 Å². The molecule has 4 rings (SSSR count). The van der Waals surface area contributed by atoms with Gasteiger partial charge in [0.15, 0.2) is 0 Å². The molecule has 1 N–H and O–H groups in total. The molecule has 174 valence electrons. The number of carbonyl (C=O) groups is 2. The summed E-state index contributed by atoms with van der Waals surface area (Å²) in [6.45, 7) is 9.67. The second-order valence-electron chi connectivity index (χ2n) is 9.07. The Morgan fingerprint density at radius 1 is 0.912 bits per heavy atom. The minimum Gasteiger partial charge on any atom is -0.507 e. The molecule has 3 aromatic rings. The third kappa shape index (κ3) is 4.34. The van der Waals surface area contributed by atoms with Crippen molar-refractivity contribution in [2.75, 3.05) is 4.90 Å². The largest absolute Gasteiger partial charge is 0.507 e. The predicted molar refractivity (Wildman–Crippen MR) is 134 cm³/mol. The van der Waals surface area contributed by atoms with Gasteiger partial charge < -0.3 is 9.84 Å². The number of rotatable bonds is 5. The SMILES string of the molecule is Cc1cccc(C2/C(=C(/O)c3ccc(OC(C)C)c(C)c3)C(=O)C(=O)N2c2cccc(C)c2)c1. The lowest BCUT2D eigenvalue weighted by Crippen LogP contribution is -2.29. The molecule has 1 amide bonds. The molecule has 0 aliphatic carbocycles. The van der Waals surface area contributed by atoms with Crippen molar-refractivity contribution in [3.63, 3.8) is 0 Å². The molecule has 5 nitrogen and oxygen atoms in total. The number of aryl methyl sites for hydroxylation is 3. The summed E-state index contributed by atoms with van der Waals surface area (Å²) in [5.41, 5.74) is 4.72. The van der Waals surface area contributed by atoms with Gasteiger partial charge in [0.05, 0.1) is 17.7 Å². The quantitative estimate of drug-likeness (QED) is 0.290. The maximum absolute atomic E-state index is 13.3. The molecule has 3 aromatic carbocycles. The van der Waals surface area contributed by atoms with Crippen LogP contribution in [0, 0.1) is 20.8 Å². The van der Waals surface area contributed by atoms with E-state index in [4.69, 9.17) is 4.74 Å². The van der Waals surface area contributed by atoms with E-state index in [-0.39, 0.29) is 17.4 Å². The van der Waals surface area contributed by atoms with Gasteiger partial charge in [-0.25, -0.2) is 0 Å². The molecule has 1 fully saturated rings. The number of anilines is 1. The van der Waals surface area contributed by atoms with Crippen molar-refractivity contribution >= 4 is 23.1 Å². The maximum atomic E-state index is 13.3. The normalized spacial score (nSPS) is 17.5. The van der Waals surface area contributed by atoms with Crippen LogP contribution >= 0.6 is 0 Å². The molecule has 1 aliphatic rings. The zero-order chi connectivity index (χ0) is 24.6. The molecule has 0 bridgehead atoms. The first kappa shape index (κ1) is 23.3. The molecule has 1 atom stereocenters. The standard InChI is InChI=1S/C29H29NO4/c1-17(2)34-24-13-12-22(16-20(24)5)27(31)25-26(21-10-6-8-18(3)14-21)30(29(33)28(25)32)23-11-7-9-19(4)15-23/h6-17,26,31H,1-5H3/b27-25-. The highest BCUT2D eigenvalue weighted by atomic mass is 16.5. The van der Waals surface area contributed by atoms with E-state index in [1.807, 2.05) is 83.1 Å². The summed E-state index contributed by atoms with van der Waals surface area (Å²) in [4.78, 5) is 28.1. The van der Waals surface area contributed by atoms with Crippen LogP contribution in [0.25, 0.3) is 5.76 Å². The van der Waals surface area contributed by atoms with Crippen LogP contribution in [0.3, 0.4) is 0 Å². The molecule has 1 unspecified atom stereocenters. The average Bonchev–Trinajstić information content (AvgIpc) is 3.05. The first-order valence-electron chi connectivity index (χ1n) is 11.4. The molecule has 1 aliphatic heterocycles. The van der Waals surface area contributed by atoms with Gasteiger partial charge in [-0.15, -0.1) is 0 Å². The number of aliphatic hydroxyl groups is 1. The average molecular weight is 456 g/mol. The summed E-state index contributed by atoms with van der Waals surface area (Å²) < 4.78 is 5.81.